The van der Waals surface area contributed by atoms with Crippen molar-refractivity contribution in [3.8, 4) is 0 Å². The van der Waals surface area contributed by atoms with E-state index in [1.165, 1.54) is 5.56 Å². The van der Waals surface area contributed by atoms with E-state index in [1.807, 2.05) is 30.3 Å². The molecule has 1 amide bonds. The number of carbonyl (C=O) groups is 1. The highest BCUT2D eigenvalue weighted by Gasteiger charge is 2.43. The van der Waals surface area contributed by atoms with Crippen LogP contribution in [0.25, 0.3) is 0 Å². The Morgan fingerprint density at radius 3 is 2.20 bits per heavy atom. The van der Waals surface area contributed by atoms with Crippen molar-refractivity contribution in [3.05, 3.63) is 70.3 Å². The molecule has 0 bridgehead atoms. The van der Waals surface area contributed by atoms with Gasteiger partial charge >= 0.3 is 0 Å². The number of hydrogen-bond donors (Lipinski definition) is 0. The first-order chi connectivity index (χ1) is 11.9. The highest BCUT2D eigenvalue weighted by molar-refractivity contribution is 6.09. The fraction of sp³-hybridized carbons (Fsp3) is 0.333. The third-order valence-electron chi connectivity index (χ3n) is 4.66. The van der Waals surface area contributed by atoms with Gasteiger partial charge in [-0.2, -0.15) is 0 Å². The third kappa shape index (κ3) is 3.16. The molecule has 4 nitrogen and oxygen atoms in total. The van der Waals surface area contributed by atoms with Gasteiger partial charge in [0.2, 0.25) is 6.10 Å². The second kappa shape index (κ2) is 6.71. The quantitative estimate of drug-likeness (QED) is 0.859. The second-order valence-corrected chi connectivity index (χ2v) is 6.89. The summed E-state index contributed by atoms with van der Waals surface area (Å²) >= 11 is 0. The van der Waals surface area contributed by atoms with Crippen LogP contribution in [0, 0.1) is 20.8 Å². The summed E-state index contributed by atoms with van der Waals surface area (Å²) in [6.07, 6.45) is -0.634. The SMILES string of the molecule is Cc1cc(C)c([C@@H]2C(c3ccccc3)=NO[C@H]2C(=O)N(C)C)c(C)c1. The van der Waals surface area contributed by atoms with Gasteiger partial charge in [-0.15, -0.1) is 0 Å². The maximum absolute atomic E-state index is 12.7. The highest BCUT2D eigenvalue weighted by Crippen LogP contribution is 2.37. The van der Waals surface area contributed by atoms with Gasteiger partial charge in [-0.05, 0) is 37.5 Å². The maximum atomic E-state index is 12.7. The monoisotopic (exact) mass is 336 g/mol. The van der Waals surface area contributed by atoms with Gasteiger partial charge in [-0.1, -0.05) is 53.2 Å². The van der Waals surface area contributed by atoms with E-state index >= 15 is 0 Å². The van der Waals surface area contributed by atoms with Crippen molar-refractivity contribution in [2.75, 3.05) is 14.1 Å². The van der Waals surface area contributed by atoms with E-state index in [4.69, 9.17) is 4.84 Å². The van der Waals surface area contributed by atoms with Crippen LogP contribution in [-0.4, -0.2) is 36.7 Å². The molecule has 0 saturated carbocycles. The first-order valence-corrected chi connectivity index (χ1v) is 8.48. The molecule has 0 saturated heterocycles. The first kappa shape index (κ1) is 17.2. The van der Waals surface area contributed by atoms with E-state index in [-0.39, 0.29) is 11.8 Å². The minimum atomic E-state index is -0.634. The van der Waals surface area contributed by atoms with Crippen LogP contribution in [-0.2, 0) is 9.63 Å². The molecular weight excluding hydrogens is 312 g/mol. The number of likely N-dealkylation sites (N-methyl/N-ethyl adjacent to an activating group) is 1. The summed E-state index contributed by atoms with van der Waals surface area (Å²) in [6.45, 7) is 6.27. The predicted octanol–water partition coefficient (Wildman–Crippen LogP) is 3.59. The molecule has 2 aromatic rings. The molecule has 0 fully saturated rings. The Labute approximate surface area is 149 Å². The van der Waals surface area contributed by atoms with Crippen molar-refractivity contribution in [3.63, 3.8) is 0 Å². The van der Waals surface area contributed by atoms with E-state index in [9.17, 15) is 4.79 Å². The van der Waals surface area contributed by atoms with Gasteiger partial charge in [0.15, 0.2) is 0 Å². The molecular formula is C21H24N2O2. The normalized spacial score (nSPS) is 19.3. The van der Waals surface area contributed by atoms with Gasteiger partial charge in [-0.25, -0.2) is 0 Å². The lowest BCUT2D eigenvalue weighted by Gasteiger charge is -2.24. The van der Waals surface area contributed by atoms with Gasteiger partial charge < -0.3 is 9.74 Å². The lowest BCUT2D eigenvalue weighted by Crippen LogP contribution is -2.39. The van der Waals surface area contributed by atoms with Crippen LogP contribution in [0.4, 0.5) is 0 Å². The Hall–Kier alpha value is -2.62. The molecule has 0 N–H and O–H groups in total. The van der Waals surface area contributed by atoms with E-state index in [0.717, 1.165) is 28.0 Å². The molecule has 4 heteroatoms. The second-order valence-electron chi connectivity index (χ2n) is 6.89. The topological polar surface area (TPSA) is 41.9 Å². The first-order valence-electron chi connectivity index (χ1n) is 8.48. The molecule has 1 aliphatic rings. The Morgan fingerprint density at radius 2 is 1.64 bits per heavy atom. The van der Waals surface area contributed by atoms with Crippen molar-refractivity contribution >= 4 is 11.6 Å². The summed E-state index contributed by atoms with van der Waals surface area (Å²) in [5.41, 5.74) is 6.47. The average molecular weight is 336 g/mol. The standard InChI is InChI=1S/C21H24N2O2/c1-13-11-14(2)17(15(3)12-13)18-19(16-9-7-6-8-10-16)22-25-20(18)21(24)23(4)5/h6-12,18,20H,1-5H3/t18-,20-/m1/s1. The van der Waals surface area contributed by atoms with E-state index in [0.29, 0.717) is 0 Å². The summed E-state index contributed by atoms with van der Waals surface area (Å²) in [4.78, 5) is 19.9. The zero-order valence-corrected chi connectivity index (χ0v) is 15.4. The molecule has 0 aliphatic carbocycles. The van der Waals surface area contributed by atoms with Crippen LogP contribution < -0.4 is 0 Å². The third-order valence-corrected chi connectivity index (χ3v) is 4.66. The summed E-state index contributed by atoms with van der Waals surface area (Å²) in [6, 6.07) is 14.3. The number of hydrogen-bond acceptors (Lipinski definition) is 3. The van der Waals surface area contributed by atoms with Crippen LogP contribution in [0.5, 0.6) is 0 Å². The molecule has 0 aromatic heterocycles. The van der Waals surface area contributed by atoms with Gasteiger partial charge in [-0.3, -0.25) is 4.79 Å². The smallest absolute Gasteiger partial charge is 0.267 e. The van der Waals surface area contributed by atoms with Crippen molar-refractivity contribution in [2.45, 2.75) is 32.8 Å². The number of carbonyl (C=O) groups excluding carboxylic acids is 1. The van der Waals surface area contributed by atoms with Crippen LogP contribution >= 0.6 is 0 Å². The van der Waals surface area contributed by atoms with Crippen molar-refractivity contribution in [1.29, 1.82) is 0 Å². The van der Waals surface area contributed by atoms with Crippen molar-refractivity contribution in [2.24, 2.45) is 5.16 Å². The molecule has 0 radical (unpaired) electrons. The zero-order valence-electron chi connectivity index (χ0n) is 15.4. The Morgan fingerprint density at radius 1 is 1.04 bits per heavy atom. The van der Waals surface area contributed by atoms with Gasteiger partial charge in [0.05, 0.1) is 11.6 Å². The highest BCUT2D eigenvalue weighted by atomic mass is 16.6. The fourth-order valence-corrected chi connectivity index (χ4v) is 3.63. The number of oxime groups is 1. The summed E-state index contributed by atoms with van der Waals surface area (Å²) in [5, 5.41) is 4.32. The number of nitrogens with zero attached hydrogens (tertiary/aromatic N) is 2. The van der Waals surface area contributed by atoms with Gasteiger partial charge in [0.25, 0.3) is 5.91 Å². The van der Waals surface area contributed by atoms with Crippen molar-refractivity contribution in [1.82, 2.24) is 4.90 Å². The summed E-state index contributed by atoms with van der Waals surface area (Å²) in [5.74, 6) is -0.281. The van der Waals surface area contributed by atoms with E-state index in [2.05, 4.69) is 38.1 Å². The van der Waals surface area contributed by atoms with Gasteiger partial charge in [0.1, 0.15) is 0 Å². The maximum Gasteiger partial charge on any atom is 0.267 e. The summed E-state index contributed by atoms with van der Waals surface area (Å²) in [7, 11) is 3.50. The number of aryl methyl sites for hydroxylation is 3. The largest absolute Gasteiger partial charge is 0.381 e. The average Bonchev–Trinajstić information content (AvgIpc) is 2.98. The van der Waals surface area contributed by atoms with Gasteiger partial charge in [0, 0.05) is 19.7 Å². The van der Waals surface area contributed by atoms with E-state index in [1.54, 1.807) is 19.0 Å². The molecule has 0 spiro atoms. The Bertz CT molecular complexity index is 802. The fourth-order valence-electron chi connectivity index (χ4n) is 3.63. The predicted molar refractivity (Wildman–Crippen MR) is 99.9 cm³/mol. The number of amides is 1. The van der Waals surface area contributed by atoms with Crippen LogP contribution in [0.3, 0.4) is 0 Å². The Kier molecular flexibility index (Phi) is 4.62. The van der Waals surface area contributed by atoms with Crippen LogP contribution in [0.2, 0.25) is 0 Å². The molecule has 130 valence electrons. The molecule has 2 aromatic carbocycles. The molecule has 25 heavy (non-hydrogen) atoms. The zero-order chi connectivity index (χ0) is 18.1. The Balaban J connectivity index is 2.14. The number of rotatable bonds is 3. The summed E-state index contributed by atoms with van der Waals surface area (Å²) < 4.78 is 0. The van der Waals surface area contributed by atoms with Crippen LogP contribution in [0.15, 0.2) is 47.6 Å². The molecule has 0 unspecified atom stereocenters. The molecule has 1 aliphatic heterocycles. The lowest BCUT2D eigenvalue weighted by atomic mass is 9.80. The molecule has 2 atom stereocenters. The van der Waals surface area contributed by atoms with E-state index < -0.39 is 6.10 Å². The van der Waals surface area contributed by atoms with Crippen LogP contribution in [0.1, 0.15) is 33.7 Å². The minimum absolute atomic E-state index is 0.0703. The number of benzene rings is 2. The molecule has 3 rings (SSSR count). The minimum Gasteiger partial charge on any atom is -0.381 e. The molecule has 1 heterocycles. The van der Waals surface area contributed by atoms with Crippen molar-refractivity contribution < 1.29 is 9.63 Å². The lowest BCUT2D eigenvalue weighted by molar-refractivity contribution is -0.140.